The summed E-state index contributed by atoms with van der Waals surface area (Å²) in [6, 6.07) is 10.3. The predicted molar refractivity (Wildman–Crippen MR) is 103 cm³/mol. The Hall–Kier alpha value is -1.61. The number of ether oxygens (including phenoxy) is 1. The van der Waals surface area contributed by atoms with E-state index in [9.17, 15) is 0 Å². The summed E-state index contributed by atoms with van der Waals surface area (Å²) in [7, 11) is 5.39. The van der Waals surface area contributed by atoms with Crippen LogP contribution < -0.4 is 10.6 Å². The van der Waals surface area contributed by atoms with E-state index in [4.69, 9.17) is 4.74 Å². The Kier molecular flexibility index (Phi) is 8.64. The molecule has 0 fully saturated rings. The summed E-state index contributed by atoms with van der Waals surface area (Å²) in [6.45, 7) is 2.02. The lowest BCUT2D eigenvalue weighted by Crippen LogP contribution is -2.36. The average Bonchev–Trinajstić information content (AvgIpc) is 2.93. The summed E-state index contributed by atoms with van der Waals surface area (Å²) in [4.78, 5) is 4.23. The number of methoxy groups -OCH3 is 1. The molecular weight excluding hydrogens is 405 g/mol. The molecule has 126 valence electrons. The lowest BCUT2D eigenvalue weighted by atomic mass is 10.1. The van der Waals surface area contributed by atoms with E-state index >= 15 is 0 Å². The van der Waals surface area contributed by atoms with E-state index in [1.807, 2.05) is 23.9 Å². The first kappa shape index (κ1) is 19.4. The monoisotopic (exact) mass is 429 g/mol. The number of nitrogens with one attached hydrogen (secondary N) is 2. The van der Waals surface area contributed by atoms with Gasteiger partial charge in [-0.25, -0.2) is 0 Å². The molecule has 2 rings (SSSR count). The Labute approximate surface area is 154 Å². The first-order valence-electron chi connectivity index (χ1n) is 7.21. The number of aromatic nitrogens is 2. The molecule has 1 aromatic heterocycles. The number of hydrogen-bond acceptors (Lipinski definition) is 3. The minimum atomic E-state index is 0. The van der Waals surface area contributed by atoms with Gasteiger partial charge in [-0.1, -0.05) is 24.3 Å². The highest BCUT2D eigenvalue weighted by atomic mass is 127. The maximum absolute atomic E-state index is 5.16. The molecule has 6 nitrogen and oxygen atoms in total. The molecule has 0 bridgehead atoms. The summed E-state index contributed by atoms with van der Waals surface area (Å²) in [5.41, 5.74) is 3.46. The second kappa shape index (κ2) is 10.2. The molecule has 23 heavy (non-hydrogen) atoms. The molecule has 0 saturated carbocycles. The van der Waals surface area contributed by atoms with E-state index in [1.54, 1.807) is 20.4 Å². The van der Waals surface area contributed by atoms with Crippen LogP contribution in [0.25, 0.3) is 0 Å². The molecule has 0 aliphatic carbocycles. The van der Waals surface area contributed by atoms with E-state index in [1.165, 1.54) is 11.1 Å². The quantitative estimate of drug-likeness (QED) is 0.419. The Morgan fingerprint density at radius 1 is 1.22 bits per heavy atom. The van der Waals surface area contributed by atoms with Crippen molar-refractivity contribution < 1.29 is 4.74 Å². The van der Waals surface area contributed by atoms with Gasteiger partial charge in [-0.05, 0) is 17.2 Å². The molecular formula is C16H24IN5O. The van der Waals surface area contributed by atoms with Crippen LogP contribution in [0.2, 0.25) is 0 Å². The van der Waals surface area contributed by atoms with Crippen LogP contribution >= 0.6 is 24.0 Å². The maximum atomic E-state index is 5.16. The van der Waals surface area contributed by atoms with Crippen molar-refractivity contribution in [2.24, 2.45) is 12.0 Å². The van der Waals surface area contributed by atoms with Crippen molar-refractivity contribution in [3.63, 3.8) is 0 Å². The van der Waals surface area contributed by atoms with Gasteiger partial charge in [-0.15, -0.1) is 24.0 Å². The molecule has 7 heteroatoms. The summed E-state index contributed by atoms with van der Waals surface area (Å²) in [6.07, 6.45) is 1.79. The van der Waals surface area contributed by atoms with E-state index in [0.29, 0.717) is 19.7 Å². The number of rotatable bonds is 6. The lowest BCUT2D eigenvalue weighted by molar-refractivity contribution is 0.185. The highest BCUT2D eigenvalue weighted by Crippen LogP contribution is 2.06. The van der Waals surface area contributed by atoms with Crippen LogP contribution in [0, 0.1) is 0 Å². The van der Waals surface area contributed by atoms with Crippen LogP contribution in [-0.2, 0) is 31.5 Å². The largest absolute Gasteiger partial charge is 0.380 e. The van der Waals surface area contributed by atoms with E-state index in [-0.39, 0.29) is 24.0 Å². The second-order valence-electron chi connectivity index (χ2n) is 4.98. The summed E-state index contributed by atoms with van der Waals surface area (Å²) < 4.78 is 7.00. The van der Waals surface area contributed by atoms with Gasteiger partial charge >= 0.3 is 0 Å². The Bertz CT molecular complexity index is 626. The second-order valence-corrected chi connectivity index (χ2v) is 4.98. The number of nitrogens with zero attached hydrogens (tertiary/aromatic N) is 3. The van der Waals surface area contributed by atoms with Crippen LogP contribution in [0.4, 0.5) is 0 Å². The van der Waals surface area contributed by atoms with Crippen LogP contribution in [0.15, 0.2) is 41.5 Å². The number of halogens is 1. The van der Waals surface area contributed by atoms with Crippen LogP contribution in [-0.4, -0.2) is 29.9 Å². The van der Waals surface area contributed by atoms with Gasteiger partial charge in [0.2, 0.25) is 0 Å². The zero-order chi connectivity index (χ0) is 15.8. The molecule has 0 radical (unpaired) electrons. The van der Waals surface area contributed by atoms with Crippen molar-refractivity contribution in [1.29, 1.82) is 0 Å². The van der Waals surface area contributed by atoms with Crippen molar-refractivity contribution in [2.45, 2.75) is 19.7 Å². The first-order chi connectivity index (χ1) is 10.7. The van der Waals surface area contributed by atoms with Crippen molar-refractivity contribution >= 4 is 29.9 Å². The minimum absolute atomic E-state index is 0. The molecule has 0 aliphatic heterocycles. The van der Waals surface area contributed by atoms with Gasteiger partial charge in [0.25, 0.3) is 0 Å². The molecule has 0 atom stereocenters. The molecule has 1 heterocycles. The smallest absolute Gasteiger partial charge is 0.191 e. The van der Waals surface area contributed by atoms with Gasteiger partial charge in [0, 0.05) is 33.9 Å². The van der Waals surface area contributed by atoms with Crippen molar-refractivity contribution in [1.82, 2.24) is 20.4 Å². The average molecular weight is 429 g/mol. The normalized spacial score (nSPS) is 11.0. The van der Waals surface area contributed by atoms with E-state index in [0.717, 1.165) is 11.7 Å². The number of hydrogen-bond donors (Lipinski definition) is 2. The van der Waals surface area contributed by atoms with E-state index in [2.05, 4.69) is 38.9 Å². The number of aryl methyl sites for hydroxylation is 1. The number of guanidine groups is 1. The molecule has 0 aliphatic rings. The maximum Gasteiger partial charge on any atom is 0.191 e. The lowest BCUT2D eigenvalue weighted by Gasteiger charge is -2.12. The summed E-state index contributed by atoms with van der Waals surface area (Å²) in [5.74, 6) is 0.762. The fraction of sp³-hybridized carbons (Fsp3) is 0.375. The molecule has 0 spiro atoms. The van der Waals surface area contributed by atoms with Crippen molar-refractivity contribution in [2.75, 3.05) is 14.2 Å². The van der Waals surface area contributed by atoms with Gasteiger partial charge in [-0.2, -0.15) is 5.10 Å². The molecule has 0 saturated heterocycles. The third-order valence-corrected chi connectivity index (χ3v) is 3.35. The van der Waals surface area contributed by atoms with Gasteiger partial charge in [0.15, 0.2) is 5.96 Å². The summed E-state index contributed by atoms with van der Waals surface area (Å²) in [5, 5.41) is 10.7. The van der Waals surface area contributed by atoms with Gasteiger partial charge in [0.1, 0.15) is 0 Å². The van der Waals surface area contributed by atoms with Crippen LogP contribution in [0.5, 0.6) is 0 Å². The third-order valence-electron chi connectivity index (χ3n) is 3.35. The van der Waals surface area contributed by atoms with Crippen molar-refractivity contribution in [3.05, 3.63) is 53.3 Å². The highest BCUT2D eigenvalue weighted by molar-refractivity contribution is 14.0. The number of aliphatic imine (C=N–C) groups is 1. The van der Waals surface area contributed by atoms with Crippen LogP contribution in [0.3, 0.4) is 0 Å². The van der Waals surface area contributed by atoms with Gasteiger partial charge < -0.3 is 15.4 Å². The van der Waals surface area contributed by atoms with Gasteiger partial charge in [-0.3, -0.25) is 9.67 Å². The van der Waals surface area contributed by atoms with Crippen LogP contribution in [0.1, 0.15) is 16.8 Å². The summed E-state index contributed by atoms with van der Waals surface area (Å²) >= 11 is 0. The molecule has 0 unspecified atom stereocenters. The SMILES string of the molecule is CN=C(NCc1cccc(COC)c1)NCc1ccnn1C.I. The standard InChI is InChI=1S/C16H23N5O.HI/c1-17-16(19-11-15-7-8-20-21(15)2)18-10-13-5-4-6-14(9-13)12-22-3;/h4-9H,10-12H2,1-3H3,(H2,17,18,19);1H. The number of benzene rings is 1. The zero-order valence-corrected chi connectivity index (χ0v) is 16.1. The first-order valence-corrected chi connectivity index (χ1v) is 7.21. The topological polar surface area (TPSA) is 63.5 Å². The highest BCUT2D eigenvalue weighted by Gasteiger charge is 2.02. The Morgan fingerprint density at radius 3 is 2.61 bits per heavy atom. The van der Waals surface area contributed by atoms with Crippen molar-refractivity contribution in [3.8, 4) is 0 Å². The molecule has 0 amide bonds. The fourth-order valence-corrected chi connectivity index (χ4v) is 2.15. The Morgan fingerprint density at radius 2 is 1.96 bits per heavy atom. The van der Waals surface area contributed by atoms with E-state index < -0.39 is 0 Å². The van der Waals surface area contributed by atoms with Gasteiger partial charge in [0.05, 0.1) is 18.8 Å². The predicted octanol–water partition coefficient (Wildman–Crippen LogP) is 2.05. The third kappa shape index (κ3) is 6.19. The Balaban J connectivity index is 0.00000264. The molecule has 1 aromatic carbocycles. The molecule has 2 aromatic rings. The molecule has 2 N–H and O–H groups in total. The minimum Gasteiger partial charge on any atom is -0.380 e. The zero-order valence-electron chi connectivity index (χ0n) is 13.7. The fourth-order valence-electron chi connectivity index (χ4n) is 2.15.